The van der Waals surface area contributed by atoms with Crippen molar-refractivity contribution in [2.45, 2.75) is 38.8 Å². The number of aryl methyl sites for hydroxylation is 2. The largest absolute Gasteiger partial charge is 0.489 e. The van der Waals surface area contributed by atoms with E-state index in [0.29, 0.717) is 24.6 Å². The van der Waals surface area contributed by atoms with E-state index < -0.39 is 0 Å². The van der Waals surface area contributed by atoms with Gasteiger partial charge in [0.2, 0.25) is 0 Å². The first-order valence-electron chi connectivity index (χ1n) is 9.08. The number of benzene rings is 1. The second-order valence-corrected chi connectivity index (χ2v) is 6.34. The molecule has 0 radical (unpaired) electrons. The molecule has 0 spiro atoms. The fraction of sp³-hybridized carbons (Fsp3) is 0.474. The van der Waals surface area contributed by atoms with Crippen LogP contribution in [0, 0.1) is 6.92 Å². The normalized spacial score (nSPS) is 16.4. The van der Waals surface area contributed by atoms with Crippen molar-refractivity contribution in [2.24, 2.45) is 0 Å². The maximum absolute atomic E-state index is 12.1. The number of aromatic nitrogens is 2. The Hall–Kier alpha value is -2.54. The zero-order chi connectivity index (χ0) is 18.2. The molecule has 1 saturated heterocycles. The predicted octanol–water partition coefficient (Wildman–Crippen LogP) is 2.96. The lowest BCUT2D eigenvalue weighted by molar-refractivity contribution is 0.0682. The van der Waals surface area contributed by atoms with Crippen LogP contribution in [0.2, 0.25) is 0 Å². The first kappa shape index (κ1) is 18.3. The Morgan fingerprint density at radius 3 is 3.08 bits per heavy atom. The maximum atomic E-state index is 12.1. The average molecular weight is 358 g/mol. The van der Waals surface area contributed by atoms with Gasteiger partial charge in [0, 0.05) is 32.1 Å². The van der Waals surface area contributed by atoms with E-state index in [0.717, 1.165) is 38.2 Å². The van der Waals surface area contributed by atoms with E-state index in [2.05, 4.69) is 20.2 Å². The summed E-state index contributed by atoms with van der Waals surface area (Å²) in [5, 5.41) is 5.73. The maximum Gasteiger partial charge on any atom is 0.319 e. The molecule has 2 N–H and O–H groups in total. The molecular formula is C19H26N4O3. The molecule has 0 saturated carbocycles. The summed E-state index contributed by atoms with van der Waals surface area (Å²) in [6.45, 7) is 4.68. The van der Waals surface area contributed by atoms with Crippen molar-refractivity contribution in [1.29, 1.82) is 0 Å². The minimum absolute atomic E-state index is 0.142. The summed E-state index contributed by atoms with van der Waals surface area (Å²) >= 11 is 0. The zero-order valence-electron chi connectivity index (χ0n) is 15.1. The molecule has 140 valence electrons. The highest BCUT2D eigenvalue weighted by Crippen LogP contribution is 2.25. The number of urea groups is 1. The Morgan fingerprint density at radius 2 is 2.31 bits per heavy atom. The molecule has 7 heteroatoms. The van der Waals surface area contributed by atoms with Crippen LogP contribution in [0.3, 0.4) is 0 Å². The average Bonchev–Trinajstić information content (AvgIpc) is 3.30. The molecule has 26 heavy (non-hydrogen) atoms. The Bertz CT molecular complexity index is 710. The number of nitrogens with one attached hydrogen (secondary N) is 2. The van der Waals surface area contributed by atoms with Gasteiger partial charge in [0.15, 0.2) is 0 Å². The van der Waals surface area contributed by atoms with Gasteiger partial charge in [-0.2, -0.15) is 0 Å². The van der Waals surface area contributed by atoms with Gasteiger partial charge in [0.25, 0.3) is 0 Å². The summed E-state index contributed by atoms with van der Waals surface area (Å²) in [4.78, 5) is 16.3. The minimum Gasteiger partial charge on any atom is -0.489 e. The molecule has 7 nitrogen and oxygen atoms in total. The van der Waals surface area contributed by atoms with Gasteiger partial charge in [0.1, 0.15) is 18.2 Å². The summed E-state index contributed by atoms with van der Waals surface area (Å²) in [5.41, 5.74) is 0.661. The molecule has 0 aliphatic carbocycles. The Balaban J connectivity index is 1.42. The van der Waals surface area contributed by atoms with Crippen LogP contribution >= 0.6 is 0 Å². The summed E-state index contributed by atoms with van der Waals surface area (Å²) in [5.74, 6) is 1.64. The second kappa shape index (κ2) is 9.24. The highest BCUT2D eigenvalue weighted by Gasteiger charge is 2.17. The standard InChI is InChI=1S/C19H26N4O3/c1-15-20-10-12-23(15)11-5-9-21-19(24)22-17-7-2-3-8-18(17)26-14-16-6-4-13-25-16/h2-3,7-8,10,12,16H,4-6,9,11,13-14H2,1H3,(H2,21,22,24)/t16-/m1/s1. The quantitative estimate of drug-likeness (QED) is 0.711. The van der Waals surface area contributed by atoms with Gasteiger partial charge >= 0.3 is 6.03 Å². The number of ether oxygens (including phenoxy) is 2. The highest BCUT2D eigenvalue weighted by molar-refractivity contribution is 5.90. The van der Waals surface area contributed by atoms with Gasteiger partial charge in [-0.25, -0.2) is 9.78 Å². The molecule has 1 atom stereocenters. The van der Waals surface area contributed by atoms with Crippen molar-refractivity contribution in [3.63, 3.8) is 0 Å². The van der Waals surface area contributed by atoms with Crippen molar-refractivity contribution in [1.82, 2.24) is 14.9 Å². The number of amides is 2. The SMILES string of the molecule is Cc1nccn1CCCNC(=O)Nc1ccccc1OC[C@H]1CCCO1. The molecular weight excluding hydrogens is 332 g/mol. The fourth-order valence-corrected chi connectivity index (χ4v) is 2.91. The monoisotopic (exact) mass is 358 g/mol. The number of hydrogen-bond acceptors (Lipinski definition) is 4. The van der Waals surface area contributed by atoms with Crippen LogP contribution in [0.15, 0.2) is 36.7 Å². The minimum atomic E-state index is -0.236. The van der Waals surface area contributed by atoms with E-state index in [1.54, 1.807) is 6.20 Å². The topological polar surface area (TPSA) is 77.4 Å². The zero-order valence-corrected chi connectivity index (χ0v) is 15.1. The van der Waals surface area contributed by atoms with Gasteiger partial charge in [-0.1, -0.05) is 12.1 Å². The third-order valence-electron chi connectivity index (χ3n) is 4.37. The van der Waals surface area contributed by atoms with E-state index in [1.807, 2.05) is 37.4 Å². The second-order valence-electron chi connectivity index (χ2n) is 6.34. The number of carbonyl (C=O) groups is 1. The van der Waals surface area contributed by atoms with E-state index in [9.17, 15) is 4.79 Å². The van der Waals surface area contributed by atoms with Crippen LogP contribution in [-0.4, -0.2) is 41.4 Å². The number of imidazole rings is 1. The van der Waals surface area contributed by atoms with E-state index in [4.69, 9.17) is 9.47 Å². The lowest BCUT2D eigenvalue weighted by atomic mass is 10.2. The first-order valence-corrected chi connectivity index (χ1v) is 9.08. The Morgan fingerprint density at radius 1 is 1.42 bits per heavy atom. The molecule has 1 aromatic carbocycles. The van der Waals surface area contributed by atoms with Crippen molar-refractivity contribution < 1.29 is 14.3 Å². The Kier molecular flexibility index (Phi) is 6.49. The summed E-state index contributed by atoms with van der Waals surface area (Å²) < 4.78 is 13.5. The number of carbonyl (C=O) groups excluding carboxylic acids is 1. The lowest BCUT2D eigenvalue weighted by Crippen LogP contribution is -2.30. The molecule has 0 unspecified atom stereocenters. The van der Waals surface area contributed by atoms with E-state index >= 15 is 0 Å². The number of nitrogens with zero attached hydrogens (tertiary/aromatic N) is 2. The third-order valence-corrected chi connectivity index (χ3v) is 4.37. The van der Waals surface area contributed by atoms with Crippen LogP contribution in [0.25, 0.3) is 0 Å². The molecule has 2 heterocycles. The molecule has 1 aliphatic heterocycles. The van der Waals surface area contributed by atoms with Crippen LogP contribution in [0.4, 0.5) is 10.5 Å². The van der Waals surface area contributed by atoms with Crippen LogP contribution in [-0.2, 0) is 11.3 Å². The van der Waals surface area contributed by atoms with E-state index in [-0.39, 0.29) is 12.1 Å². The van der Waals surface area contributed by atoms with Crippen LogP contribution in [0.1, 0.15) is 25.1 Å². The first-order chi connectivity index (χ1) is 12.7. The van der Waals surface area contributed by atoms with Crippen molar-refractivity contribution >= 4 is 11.7 Å². The molecule has 2 amide bonds. The third kappa shape index (κ3) is 5.23. The number of anilines is 1. The molecule has 2 aromatic rings. The summed E-state index contributed by atoms with van der Waals surface area (Å²) in [6.07, 6.45) is 6.80. The van der Waals surface area contributed by atoms with Gasteiger partial charge < -0.3 is 24.7 Å². The molecule has 3 rings (SSSR count). The fourth-order valence-electron chi connectivity index (χ4n) is 2.91. The predicted molar refractivity (Wildman–Crippen MR) is 99.5 cm³/mol. The van der Waals surface area contributed by atoms with Crippen LogP contribution in [0.5, 0.6) is 5.75 Å². The molecule has 1 aliphatic rings. The smallest absolute Gasteiger partial charge is 0.319 e. The molecule has 0 bridgehead atoms. The summed E-state index contributed by atoms with van der Waals surface area (Å²) in [6, 6.07) is 7.21. The summed E-state index contributed by atoms with van der Waals surface area (Å²) in [7, 11) is 0. The Labute approximate surface area is 153 Å². The van der Waals surface area contributed by atoms with Crippen molar-refractivity contribution in [2.75, 3.05) is 25.1 Å². The van der Waals surface area contributed by atoms with Gasteiger partial charge in [0.05, 0.1) is 11.8 Å². The van der Waals surface area contributed by atoms with Crippen LogP contribution < -0.4 is 15.4 Å². The number of hydrogen-bond donors (Lipinski definition) is 2. The number of para-hydroxylation sites is 2. The highest BCUT2D eigenvalue weighted by atomic mass is 16.5. The van der Waals surface area contributed by atoms with Crippen molar-refractivity contribution in [3.8, 4) is 5.75 Å². The molecule has 1 fully saturated rings. The van der Waals surface area contributed by atoms with Gasteiger partial charge in [-0.05, 0) is 38.3 Å². The van der Waals surface area contributed by atoms with E-state index in [1.165, 1.54) is 0 Å². The molecule has 1 aromatic heterocycles. The van der Waals surface area contributed by atoms with Crippen molar-refractivity contribution in [3.05, 3.63) is 42.5 Å². The lowest BCUT2D eigenvalue weighted by Gasteiger charge is -2.15. The van der Waals surface area contributed by atoms with Gasteiger partial charge in [-0.3, -0.25) is 0 Å². The number of rotatable bonds is 8. The van der Waals surface area contributed by atoms with Gasteiger partial charge in [-0.15, -0.1) is 0 Å².